The molecule has 0 amide bonds. The first-order chi connectivity index (χ1) is 9.65. The zero-order valence-corrected chi connectivity index (χ0v) is 12.0. The summed E-state index contributed by atoms with van der Waals surface area (Å²) in [4.78, 5) is 21.1. The lowest BCUT2D eigenvalue weighted by Crippen LogP contribution is -2.33. The molecule has 0 bridgehead atoms. The van der Waals surface area contributed by atoms with Crippen LogP contribution in [-0.4, -0.2) is 34.5 Å². The van der Waals surface area contributed by atoms with E-state index in [2.05, 4.69) is 15.3 Å². The predicted molar refractivity (Wildman–Crippen MR) is 78.1 cm³/mol. The summed E-state index contributed by atoms with van der Waals surface area (Å²) in [6, 6.07) is 0. The lowest BCUT2D eigenvalue weighted by molar-refractivity contribution is -0.384. The summed E-state index contributed by atoms with van der Waals surface area (Å²) in [6.07, 6.45) is 4.96. The lowest BCUT2D eigenvalue weighted by Gasteiger charge is -2.32. The normalized spacial score (nSPS) is 14.7. The van der Waals surface area contributed by atoms with Crippen LogP contribution in [-0.2, 0) is 0 Å². The van der Waals surface area contributed by atoms with Gasteiger partial charge in [-0.1, -0.05) is 6.42 Å². The molecule has 0 atom stereocenters. The Bertz CT molecular complexity index is 476. The molecule has 0 aromatic carbocycles. The van der Waals surface area contributed by atoms with Crippen LogP contribution in [0.25, 0.3) is 0 Å². The maximum absolute atomic E-state index is 11.2. The zero-order valence-electron chi connectivity index (χ0n) is 12.0. The van der Waals surface area contributed by atoms with Crippen molar-refractivity contribution in [2.45, 2.75) is 33.1 Å². The minimum atomic E-state index is -0.408. The van der Waals surface area contributed by atoms with E-state index in [0.29, 0.717) is 30.8 Å². The largest absolute Gasteiger partial charge is 0.354 e. The Morgan fingerprint density at radius 2 is 2.25 bits per heavy atom. The smallest absolute Gasteiger partial charge is 0.329 e. The van der Waals surface area contributed by atoms with E-state index in [-0.39, 0.29) is 5.69 Å². The molecule has 1 heterocycles. The summed E-state index contributed by atoms with van der Waals surface area (Å²) in [5.74, 6) is 1.50. The van der Waals surface area contributed by atoms with E-state index in [1.807, 2.05) is 18.7 Å². The van der Waals surface area contributed by atoms with E-state index >= 15 is 0 Å². The van der Waals surface area contributed by atoms with Crippen LogP contribution in [0.15, 0.2) is 6.20 Å². The Hall–Kier alpha value is -1.92. The highest BCUT2D eigenvalue weighted by Gasteiger charge is 2.26. The molecule has 1 aromatic heterocycles. The number of nitrogens with zero attached hydrogens (tertiary/aromatic N) is 4. The molecule has 0 radical (unpaired) electrons. The van der Waals surface area contributed by atoms with Crippen LogP contribution in [0.1, 0.15) is 33.1 Å². The van der Waals surface area contributed by atoms with Crippen molar-refractivity contribution in [3.8, 4) is 0 Å². The number of rotatable bonds is 7. The van der Waals surface area contributed by atoms with Crippen molar-refractivity contribution in [2.75, 3.05) is 29.9 Å². The Morgan fingerprint density at radius 1 is 1.50 bits per heavy atom. The average molecular weight is 279 g/mol. The highest BCUT2D eigenvalue weighted by Crippen LogP contribution is 2.31. The molecular formula is C13H21N5O2. The number of anilines is 2. The van der Waals surface area contributed by atoms with Crippen molar-refractivity contribution in [2.24, 2.45) is 5.92 Å². The van der Waals surface area contributed by atoms with Gasteiger partial charge in [0.2, 0.25) is 11.8 Å². The molecule has 1 aliphatic carbocycles. The second-order valence-corrected chi connectivity index (χ2v) is 5.03. The summed E-state index contributed by atoms with van der Waals surface area (Å²) < 4.78 is 0. The minimum Gasteiger partial charge on any atom is -0.354 e. The maximum Gasteiger partial charge on any atom is 0.329 e. The number of hydrogen-bond donors (Lipinski definition) is 1. The van der Waals surface area contributed by atoms with Gasteiger partial charge >= 0.3 is 5.69 Å². The molecule has 1 N–H and O–H groups in total. The molecule has 1 fully saturated rings. The average Bonchev–Trinajstić information content (AvgIpc) is 2.38. The second-order valence-electron chi connectivity index (χ2n) is 5.03. The molecule has 7 nitrogen and oxygen atoms in total. The van der Waals surface area contributed by atoms with Crippen LogP contribution < -0.4 is 10.2 Å². The van der Waals surface area contributed by atoms with E-state index in [9.17, 15) is 10.1 Å². The molecule has 0 unspecified atom stereocenters. The Balaban J connectivity index is 2.27. The summed E-state index contributed by atoms with van der Waals surface area (Å²) >= 11 is 0. The van der Waals surface area contributed by atoms with Gasteiger partial charge in [0.25, 0.3) is 0 Å². The Labute approximate surface area is 118 Å². The molecule has 7 heteroatoms. The topological polar surface area (TPSA) is 84.2 Å². The number of aromatic nitrogens is 2. The van der Waals surface area contributed by atoms with E-state index in [0.717, 1.165) is 6.54 Å². The Kier molecular flexibility index (Phi) is 4.70. The number of hydrogen-bond acceptors (Lipinski definition) is 6. The van der Waals surface area contributed by atoms with Crippen LogP contribution in [0.3, 0.4) is 0 Å². The van der Waals surface area contributed by atoms with Crippen LogP contribution in [0.4, 0.5) is 17.5 Å². The maximum atomic E-state index is 11.2. The molecule has 0 spiro atoms. The number of nitrogens with one attached hydrogen (secondary N) is 1. The van der Waals surface area contributed by atoms with Crippen molar-refractivity contribution in [1.82, 2.24) is 9.97 Å². The van der Waals surface area contributed by atoms with Crippen molar-refractivity contribution in [3.63, 3.8) is 0 Å². The van der Waals surface area contributed by atoms with Gasteiger partial charge in [0.05, 0.1) is 4.92 Å². The van der Waals surface area contributed by atoms with Crippen LogP contribution in [0, 0.1) is 16.0 Å². The molecule has 1 aliphatic rings. The van der Waals surface area contributed by atoms with Crippen molar-refractivity contribution >= 4 is 17.5 Å². The minimum absolute atomic E-state index is 0.0205. The monoisotopic (exact) mass is 279 g/mol. The fraction of sp³-hybridized carbons (Fsp3) is 0.692. The predicted octanol–water partition coefficient (Wildman–Crippen LogP) is 2.44. The quantitative estimate of drug-likeness (QED) is 0.609. The molecule has 110 valence electrons. The zero-order chi connectivity index (χ0) is 14.5. The van der Waals surface area contributed by atoms with E-state index < -0.39 is 4.92 Å². The van der Waals surface area contributed by atoms with Gasteiger partial charge in [0, 0.05) is 19.6 Å². The van der Waals surface area contributed by atoms with Crippen molar-refractivity contribution in [3.05, 3.63) is 16.3 Å². The molecule has 1 aromatic rings. The highest BCUT2D eigenvalue weighted by atomic mass is 16.6. The summed E-state index contributed by atoms with van der Waals surface area (Å²) in [7, 11) is 0. The Morgan fingerprint density at radius 3 is 2.75 bits per heavy atom. The summed E-state index contributed by atoms with van der Waals surface area (Å²) in [5, 5.41) is 14.2. The third-order valence-electron chi connectivity index (χ3n) is 3.67. The molecular weight excluding hydrogens is 258 g/mol. The SMILES string of the molecule is CCNc1ncc([N+](=O)[O-])c(N(CC)CC2CCC2)n1. The molecule has 2 rings (SSSR count). The third kappa shape index (κ3) is 3.15. The fourth-order valence-electron chi connectivity index (χ4n) is 2.32. The van der Waals surface area contributed by atoms with E-state index in [1.54, 1.807) is 0 Å². The first-order valence-electron chi connectivity index (χ1n) is 7.16. The lowest BCUT2D eigenvalue weighted by atomic mass is 9.85. The molecule has 1 saturated carbocycles. The van der Waals surface area contributed by atoms with Crippen LogP contribution >= 0.6 is 0 Å². The first kappa shape index (κ1) is 14.5. The van der Waals surface area contributed by atoms with Gasteiger partial charge in [-0.2, -0.15) is 4.98 Å². The van der Waals surface area contributed by atoms with Crippen LogP contribution in [0.2, 0.25) is 0 Å². The van der Waals surface area contributed by atoms with E-state index in [4.69, 9.17) is 0 Å². The van der Waals surface area contributed by atoms with Gasteiger partial charge in [0.15, 0.2) is 0 Å². The highest BCUT2D eigenvalue weighted by molar-refractivity contribution is 5.58. The van der Waals surface area contributed by atoms with Crippen LogP contribution in [0.5, 0.6) is 0 Å². The second kappa shape index (κ2) is 6.49. The fourth-order valence-corrected chi connectivity index (χ4v) is 2.32. The van der Waals surface area contributed by atoms with Gasteiger partial charge in [-0.3, -0.25) is 10.1 Å². The first-order valence-corrected chi connectivity index (χ1v) is 7.16. The molecule has 0 saturated heterocycles. The van der Waals surface area contributed by atoms with E-state index in [1.165, 1.54) is 25.5 Å². The third-order valence-corrected chi connectivity index (χ3v) is 3.67. The van der Waals surface area contributed by atoms with Gasteiger partial charge in [0.1, 0.15) is 6.20 Å². The standard InChI is InChI=1S/C13H21N5O2/c1-3-14-13-15-8-11(18(19)20)12(16-13)17(4-2)9-10-6-5-7-10/h8,10H,3-7,9H2,1-2H3,(H,14,15,16). The van der Waals surface area contributed by atoms with Gasteiger partial charge in [-0.05, 0) is 32.6 Å². The summed E-state index contributed by atoms with van der Waals surface area (Å²) in [5.41, 5.74) is -0.0205. The summed E-state index contributed by atoms with van der Waals surface area (Å²) in [6.45, 7) is 6.17. The number of nitro groups is 1. The van der Waals surface area contributed by atoms with Crippen molar-refractivity contribution in [1.29, 1.82) is 0 Å². The van der Waals surface area contributed by atoms with Crippen molar-refractivity contribution < 1.29 is 4.92 Å². The molecule has 20 heavy (non-hydrogen) atoms. The molecule has 0 aliphatic heterocycles. The van der Waals surface area contributed by atoms with Gasteiger partial charge < -0.3 is 10.2 Å². The van der Waals surface area contributed by atoms with Gasteiger partial charge in [-0.25, -0.2) is 4.98 Å². The van der Waals surface area contributed by atoms with Gasteiger partial charge in [-0.15, -0.1) is 0 Å².